The van der Waals surface area contributed by atoms with Gasteiger partial charge in [-0.2, -0.15) is 0 Å². The molecule has 0 bridgehead atoms. The highest BCUT2D eigenvalue weighted by Gasteiger charge is 2.16. The van der Waals surface area contributed by atoms with Crippen LogP contribution in [0.5, 0.6) is 11.5 Å². The first-order chi connectivity index (χ1) is 10.2. The summed E-state index contributed by atoms with van der Waals surface area (Å²) in [7, 11) is 0. The molecule has 0 spiro atoms. The van der Waals surface area contributed by atoms with Gasteiger partial charge in [0.25, 0.3) is 6.43 Å². The van der Waals surface area contributed by atoms with Crippen molar-refractivity contribution in [1.82, 2.24) is 5.32 Å². The molecule has 6 heteroatoms. The van der Waals surface area contributed by atoms with Gasteiger partial charge < -0.3 is 19.5 Å². The zero-order valence-corrected chi connectivity index (χ0v) is 12.1. The molecule has 0 fully saturated rings. The minimum Gasteiger partial charge on any atom is -0.490 e. The van der Waals surface area contributed by atoms with E-state index in [1.54, 1.807) is 0 Å². The first kappa shape index (κ1) is 16.0. The zero-order valence-electron chi connectivity index (χ0n) is 12.1. The van der Waals surface area contributed by atoms with Crippen molar-refractivity contribution >= 4 is 0 Å². The lowest BCUT2D eigenvalue weighted by molar-refractivity contribution is 0.00932. The molecule has 0 saturated carbocycles. The molecule has 1 unspecified atom stereocenters. The molecule has 118 valence electrons. The number of ether oxygens (including phenoxy) is 3. The number of alkyl halides is 2. The Bertz CT molecular complexity index is 443. The largest absolute Gasteiger partial charge is 0.490 e. The van der Waals surface area contributed by atoms with Gasteiger partial charge in [0.15, 0.2) is 11.5 Å². The maximum absolute atomic E-state index is 12.2. The highest BCUT2D eigenvalue weighted by Crippen LogP contribution is 2.32. The number of benzene rings is 1. The SMILES string of the molecule is CCNC(COCC(F)F)c1ccc2c(c1)OCCCO2. The van der Waals surface area contributed by atoms with Crippen LogP contribution in [0.15, 0.2) is 18.2 Å². The second-order valence-electron chi connectivity index (χ2n) is 4.80. The number of halogens is 2. The lowest BCUT2D eigenvalue weighted by atomic mass is 10.1. The van der Waals surface area contributed by atoms with Crippen molar-refractivity contribution in [3.05, 3.63) is 23.8 Å². The van der Waals surface area contributed by atoms with Crippen molar-refractivity contribution in [2.75, 3.05) is 33.0 Å². The molecule has 0 saturated heterocycles. The Kier molecular flexibility index (Phi) is 6.20. The molecule has 1 heterocycles. The van der Waals surface area contributed by atoms with Crippen molar-refractivity contribution < 1.29 is 23.0 Å². The number of nitrogens with one attached hydrogen (secondary N) is 1. The van der Waals surface area contributed by atoms with E-state index in [0.717, 1.165) is 24.3 Å². The van der Waals surface area contributed by atoms with E-state index in [2.05, 4.69) is 5.32 Å². The Morgan fingerprint density at radius 2 is 1.95 bits per heavy atom. The second-order valence-corrected chi connectivity index (χ2v) is 4.80. The summed E-state index contributed by atoms with van der Waals surface area (Å²) < 4.78 is 40.6. The smallest absolute Gasteiger partial charge is 0.261 e. The van der Waals surface area contributed by atoms with Crippen molar-refractivity contribution in [3.8, 4) is 11.5 Å². The van der Waals surface area contributed by atoms with Gasteiger partial charge in [0, 0.05) is 6.42 Å². The van der Waals surface area contributed by atoms with Gasteiger partial charge in [-0.15, -0.1) is 0 Å². The van der Waals surface area contributed by atoms with Crippen LogP contribution in [0.3, 0.4) is 0 Å². The third-order valence-corrected chi connectivity index (χ3v) is 3.15. The van der Waals surface area contributed by atoms with E-state index < -0.39 is 13.0 Å². The Morgan fingerprint density at radius 3 is 2.67 bits per heavy atom. The van der Waals surface area contributed by atoms with Gasteiger partial charge in [-0.25, -0.2) is 8.78 Å². The predicted octanol–water partition coefficient (Wildman–Crippen LogP) is 2.78. The van der Waals surface area contributed by atoms with E-state index in [-0.39, 0.29) is 12.6 Å². The van der Waals surface area contributed by atoms with Gasteiger partial charge in [-0.05, 0) is 24.2 Å². The van der Waals surface area contributed by atoms with Gasteiger partial charge in [0.05, 0.1) is 25.9 Å². The first-order valence-corrected chi connectivity index (χ1v) is 7.19. The molecule has 21 heavy (non-hydrogen) atoms. The van der Waals surface area contributed by atoms with Crippen LogP contribution in [0.25, 0.3) is 0 Å². The molecule has 1 aromatic rings. The van der Waals surface area contributed by atoms with Crippen molar-refractivity contribution in [3.63, 3.8) is 0 Å². The molecular formula is C15H21F2NO3. The highest BCUT2D eigenvalue weighted by atomic mass is 19.3. The van der Waals surface area contributed by atoms with Crippen LogP contribution in [0, 0.1) is 0 Å². The Morgan fingerprint density at radius 1 is 1.19 bits per heavy atom. The Balaban J connectivity index is 2.06. The molecule has 1 N–H and O–H groups in total. The lowest BCUT2D eigenvalue weighted by Gasteiger charge is -2.20. The summed E-state index contributed by atoms with van der Waals surface area (Å²) in [5.74, 6) is 1.42. The third kappa shape index (κ3) is 4.82. The van der Waals surface area contributed by atoms with Crippen molar-refractivity contribution in [2.24, 2.45) is 0 Å². The van der Waals surface area contributed by atoms with E-state index >= 15 is 0 Å². The molecule has 0 aliphatic carbocycles. The summed E-state index contributed by atoms with van der Waals surface area (Å²) in [6.45, 7) is 3.58. The number of fused-ring (bicyclic) bond motifs is 1. The van der Waals surface area contributed by atoms with Crippen molar-refractivity contribution in [2.45, 2.75) is 25.8 Å². The van der Waals surface area contributed by atoms with Crippen LogP contribution in [0.2, 0.25) is 0 Å². The maximum atomic E-state index is 12.2. The summed E-state index contributed by atoms with van der Waals surface area (Å²) in [5, 5.41) is 3.23. The van der Waals surface area contributed by atoms with Gasteiger partial charge in [-0.3, -0.25) is 0 Å². The van der Waals surface area contributed by atoms with Crippen LogP contribution in [-0.2, 0) is 4.74 Å². The van der Waals surface area contributed by atoms with Crippen LogP contribution in [0.4, 0.5) is 8.78 Å². The van der Waals surface area contributed by atoms with Gasteiger partial charge in [0.2, 0.25) is 0 Å². The number of likely N-dealkylation sites (N-methyl/N-ethyl adjacent to an activating group) is 1. The molecule has 2 rings (SSSR count). The van der Waals surface area contributed by atoms with Crippen LogP contribution in [0.1, 0.15) is 24.9 Å². The van der Waals surface area contributed by atoms with E-state index in [1.807, 2.05) is 25.1 Å². The van der Waals surface area contributed by atoms with E-state index in [4.69, 9.17) is 14.2 Å². The topological polar surface area (TPSA) is 39.7 Å². The number of rotatable bonds is 7. The van der Waals surface area contributed by atoms with Crippen LogP contribution >= 0.6 is 0 Å². The Labute approximate surface area is 123 Å². The number of hydrogen-bond donors (Lipinski definition) is 1. The highest BCUT2D eigenvalue weighted by molar-refractivity contribution is 5.44. The second kappa shape index (κ2) is 8.14. The molecule has 0 radical (unpaired) electrons. The monoisotopic (exact) mass is 301 g/mol. The van der Waals surface area contributed by atoms with E-state index in [9.17, 15) is 8.78 Å². The fourth-order valence-electron chi connectivity index (χ4n) is 2.19. The first-order valence-electron chi connectivity index (χ1n) is 7.19. The summed E-state index contributed by atoms with van der Waals surface area (Å²) >= 11 is 0. The normalized spacial score (nSPS) is 15.8. The van der Waals surface area contributed by atoms with Gasteiger partial charge >= 0.3 is 0 Å². The average molecular weight is 301 g/mol. The fourth-order valence-corrected chi connectivity index (χ4v) is 2.19. The molecule has 0 aromatic heterocycles. The Hall–Kier alpha value is -1.40. The van der Waals surface area contributed by atoms with Crippen LogP contribution < -0.4 is 14.8 Å². The zero-order chi connectivity index (χ0) is 15.1. The maximum Gasteiger partial charge on any atom is 0.261 e. The molecular weight excluding hydrogens is 280 g/mol. The van der Waals surface area contributed by atoms with Gasteiger partial charge in [-0.1, -0.05) is 13.0 Å². The molecule has 1 aromatic carbocycles. The molecule has 4 nitrogen and oxygen atoms in total. The predicted molar refractivity (Wildman–Crippen MR) is 75.3 cm³/mol. The minimum absolute atomic E-state index is 0.147. The van der Waals surface area contributed by atoms with Crippen molar-refractivity contribution in [1.29, 1.82) is 0 Å². The quantitative estimate of drug-likeness (QED) is 0.840. The van der Waals surface area contributed by atoms with E-state index in [0.29, 0.717) is 19.0 Å². The molecule has 1 aliphatic heterocycles. The lowest BCUT2D eigenvalue weighted by Crippen LogP contribution is -2.26. The molecule has 0 amide bonds. The summed E-state index contributed by atoms with van der Waals surface area (Å²) in [4.78, 5) is 0. The third-order valence-electron chi connectivity index (χ3n) is 3.15. The summed E-state index contributed by atoms with van der Waals surface area (Å²) in [5.41, 5.74) is 0.940. The molecule has 1 atom stereocenters. The summed E-state index contributed by atoms with van der Waals surface area (Å²) in [6, 6.07) is 5.51. The fraction of sp³-hybridized carbons (Fsp3) is 0.600. The standard InChI is InChI=1S/C15H21F2NO3/c1-2-18-12(9-19-10-15(16)17)11-4-5-13-14(8-11)21-7-3-6-20-13/h4-5,8,12,15,18H,2-3,6-7,9-10H2,1H3. The molecule has 1 aliphatic rings. The van der Waals surface area contributed by atoms with Gasteiger partial charge in [0.1, 0.15) is 6.61 Å². The average Bonchev–Trinajstić information content (AvgIpc) is 2.70. The van der Waals surface area contributed by atoms with Crippen LogP contribution in [-0.4, -0.2) is 39.4 Å². The number of hydrogen-bond acceptors (Lipinski definition) is 4. The minimum atomic E-state index is -2.45. The summed E-state index contributed by atoms with van der Waals surface area (Å²) in [6.07, 6.45) is -1.60. The van der Waals surface area contributed by atoms with E-state index in [1.165, 1.54) is 0 Å².